The highest BCUT2D eigenvalue weighted by Crippen LogP contribution is 2.52. The summed E-state index contributed by atoms with van der Waals surface area (Å²) in [5.41, 5.74) is 0.739. The second-order valence-corrected chi connectivity index (χ2v) is 6.22. The third-order valence-electron chi connectivity index (χ3n) is 3.24. The Kier molecular flexibility index (Phi) is 3.89. The molecule has 2 rings (SSSR count). The minimum atomic E-state index is -0.297. The largest absolute Gasteiger partial charge is 0.466 e. The van der Waals surface area contributed by atoms with E-state index < -0.39 is 0 Å². The van der Waals surface area contributed by atoms with Crippen molar-refractivity contribution in [3.63, 3.8) is 0 Å². The number of rotatable bonds is 5. The molecule has 1 saturated carbocycles. The van der Waals surface area contributed by atoms with Crippen LogP contribution in [-0.4, -0.2) is 23.5 Å². The van der Waals surface area contributed by atoms with Crippen molar-refractivity contribution in [2.24, 2.45) is 11.3 Å². The van der Waals surface area contributed by atoms with Crippen LogP contribution >= 0.6 is 11.3 Å². The number of hydrogen-bond acceptors (Lipinski definition) is 5. The number of nitrogens with zero attached hydrogens (tertiary/aromatic N) is 1. The van der Waals surface area contributed by atoms with E-state index in [2.05, 4.69) is 24.1 Å². The molecule has 0 spiro atoms. The summed E-state index contributed by atoms with van der Waals surface area (Å²) in [6.45, 7) is 6.28. The molecule has 0 radical (unpaired) electrons. The quantitative estimate of drug-likeness (QED) is 0.841. The zero-order chi connectivity index (χ0) is 14.0. The van der Waals surface area contributed by atoms with Crippen molar-refractivity contribution >= 4 is 28.3 Å². The maximum Gasteiger partial charge on any atom is 0.311 e. The number of carbonyl (C=O) groups is 2. The van der Waals surface area contributed by atoms with E-state index in [-0.39, 0.29) is 29.6 Å². The summed E-state index contributed by atoms with van der Waals surface area (Å²) in [5, 5.41) is 5.12. The van der Waals surface area contributed by atoms with Crippen LogP contribution in [0.2, 0.25) is 0 Å². The summed E-state index contributed by atoms with van der Waals surface area (Å²) in [4.78, 5) is 27.4. The smallest absolute Gasteiger partial charge is 0.311 e. The number of anilines is 1. The predicted molar refractivity (Wildman–Crippen MR) is 73.0 cm³/mol. The van der Waals surface area contributed by atoms with Gasteiger partial charge in [0.2, 0.25) is 5.91 Å². The van der Waals surface area contributed by atoms with Crippen LogP contribution in [0.1, 0.15) is 32.9 Å². The molecule has 0 aromatic carbocycles. The van der Waals surface area contributed by atoms with Crippen LogP contribution in [0, 0.1) is 11.3 Å². The fraction of sp³-hybridized carbons (Fsp3) is 0.615. The van der Waals surface area contributed by atoms with Crippen molar-refractivity contribution in [2.75, 3.05) is 11.9 Å². The fourth-order valence-electron chi connectivity index (χ4n) is 1.91. The molecule has 1 aromatic heterocycles. The Labute approximate surface area is 116 Å². The molecule has 0 saturated heterocycles. The number of carbonyl (C=O) groups excluding carboxylic acids is 2. The monoisotopic (exact) mass is 282 g/mol. The normalized spacial score (nSPS) is 19.8. The number of aromatic nitrogens is 1. The van der Waals surface area contributed by atoms with Gasteiger partial charge in [-0.05, 0) is 18.8 Å². The Balaban J connectivity index is 1.87. The van der Waals surface area contributed by atoms with Gasteiger partial charge in [-0.1, -0.05) is 13.8 Å². The maximum absolute atomic E-state index is 11.9. The number of thiazole rings is 1. The van der Waals surface area contributed by atoms with E-state index >= 15 is 0 Å². The van der Waals surface area contributed by atoms with Crippen LogP contribution in [0.15, 0.2) is 5.38 Å². The van der Waals surface area contributed by atoms with Crippen LogP contribution in [0.5, 0.6) is 0 Å². The van der Waals surface area contributed by atoms with Gasteiger partial charge >= 0.3 is 5.97 Å². The van der Waals surface area contributed by atoms with Crippen molar-refractivity contribution in [1.29, 1.82) is 0 Å². The van der Waals surface area contributed by atoms with Gasteiger partial charge in [-0.25, -0.2) is 4.98 Å². The molecule has 1 aromatic rings. The first-order valence-corrected chi connectivity index (χ1v) is 7.21. The minimum absolute atomic E-state index is 0.0158. The lowest BCUT2D eigenvalue weighted by Crippen LogP contribution is -2.16. The van der Waals surface area contributed by atoms with Crippen LogP contribution in [0.4, 0.5) is 5.13 Å². The predicted octanol–water partition coefficient (Wildman–Crippen LogP) is 2.23. The van der Waals surface area contributed by atoms with Gasteiger partial charge in [0.25, 0.3) is 0 Å². The van der Waals surface area contributed by atoms with E-state index in [4.69, 9.17) is 4.74 Å². The molecule has 1 unspecified atom stereocenters. The van der Waals surface area contributed by atoms with E-state index in [1.165, 1.54) is 11.3 Å². The van der Waals surface area contributed by atoms with Gasteiger partial charge in [0.15, 0.2) is 5.13 Å². The fourth-order valence-corrected chi connectivity index (χ4v) is 2.63. The highest BCUT2D eigenvalue weighted by molar-refractivity contribution is 7.13. The Morgan fingerprint density at radius 3 is 2.84 bits per heavy atom. The summed E-state index contributed by atoms with van der Waals surface area (Å²) in [5.74, 6) is -0.207. The number of hydrogen-bond donors (Lipinski definition) is 1. The van der Waals surface area contributed by atoms with Crippen molar-refractivity contribution in [3.05, 3.63) is 11.1 Å². The molecule has 6 heteroatoms. The molecule has 19 heavy (non-hydrogen) atoms. The van der Waals surface area contributed by atoms with Gasteiger partial charge in [-0.15, -0.1) is 11.3 Å². The molecule has 1 amide bonds. The minimum Gasteiger partial charge on any atom is -0.466 e. The molecule has 1 aliphatic carbocycles. The highest BCUT2D eigenvalue weighted by Gasteiger charge is 2.50. The Hall–Kier alpha value is -1.43. The van der Waals surface area contributed by atoms with E-state index in [0.717, 1.165) is 6.42 Å². The SMILES string of the molecule is CCOC(=O)Cc1csc(NC(=O)C2CC2(C)C)n1. The van der Waals surface area contributed by atoms with Crippen molar-refractivity contribution < 1.29 is 14.3 Å². The molecule has 5 nitrogen and oxygen atoms in total. The van der Waals surface area contributed by atoms with Crippen molar-refractivity contribution in [3.8, 4) is 0 Å². The molecule has 0 bridgehead atoms. The zero-order valence-corrected chi connectivity index (χ0v) is 12.2. The molecule has 1 heterocycles. The van der Waals surface area contributed by atoms with E-state index in [1.54, 1.807) is 12.3 Å². The topological polar surface area (TPSA) is 68.3 Å². The summed E-state index contributed by atoms with van der Waals surface area (Å²) >= 11 is 1.33. The molecule has 1 N–H and O–H groups in total. The average molecular weight is 282 g/mol. The number of amides is 1. The Bertz CT molecular complexity index is 496. The molecule has 1 atom stereocenters. The van der Waals surface area contributed by atoms with E-state index in [9.17, 15) is 9.59 Å². The standard InChI is InChI=1S/C13H18N2O3S/c1-4-18-10(16)5-8-7-19-12(14-8)15-11(17)9-6-13(9,2)3/h7,9H,4-6H2,1-3H3,(H,14,15,17). The lowest BCUT2D eigenvalue weighted by atomic mass is 10.1. The van der Waals surface area contributed by atoms with Crippen LogP contribution in [0.3, 0.4) is 0 Å². The van der Waals surface area contributed by atoms with Gasteiger partial charge in [-0.2, -0.15) is 0 Å². The lowest BCUT2D eigenvalue weighted by Gasteiger charge is -2.03. The van der Waals surface area contributed by atoms with Crippen molar-refractivity contribution in [2.45, 2.75) is 33.6 Å². The van der Waals surface area contributed by atoms with Gasteiger partial charge in [0.1, 0.15) is 0 Å². The molecule has 104 valence electrons. The van der Waals surface area contributed by atoms with Crippen LogP contribution in [-0.2, 0) is 20.7 Å². The van der Waals surface area contributed by atoms with Crippen molar-refractivity contribution in [1.82, 2.24) is 4.98 Å². The van der Waals surface area contributed by atoms with Crippen LogP contribution in [0.25, 0.3) is 0 Å². The number of esters is 1. The zero-order valence-electron chi connectivity index (χ0n) is 11.4. The van der Waals surface area contributed by atoms with Crippen LogP contribution < -0.4 is 5.32 Å². The molecular formula is C13H18N2O3S. The molecule has 0 aliphatic heterocycles. The number of ether oxygens (including phenoxy) is 1. The third kappa shape index (κ3) is 3.53. The Morgan fingerprint density at radius 1 is 1.58 bits per heavy atom. The van der Waals surface area contributed by atoms with Gasteiger partial charge in [0.05, 0.1) is 18.7 Å². The first-order chi connectivity index (χ1) is 8.92. The van der Waals surface area contributed by atoms with Gasteiger partial charge < -0.3 is 10.1 Å². The third-order valence-corrected chi connectivity index (χ3v) is 4.05. The summed E-state index contributed by atoms with van der Waals surface area (Å²) < 4.78 is 4.85. The second-order valence-electron chi connectivity index (χ2n) is 5.36. The first-order valence-electron chi connectivity index (χ1n) is 6.33. The summed E-state index contributed by atoms with van der Waals surface area (Å²) in [6.07, 6.45) is 1.06. The average Bonchev–Trinajstić information content (AvgIpc) is 2.75. The molecule has 1 fully saturated rings. The second kappa shape index (κ2) is 5.28. The van der Waals surface area contributed by atoms with Gasteiger partial charge in [0, 0.05) is 11.3 Å². The number of nitrogens with one attached hydrogen (secondary N) is 1. The molecule has 1 aliphatic rings. The van der Waals surface area contributed by atoms with Gasteiger partial charge in [-0.3, -0.25) is 9.59 Å². The Morgan fingerprint density at radius 2 is 2.26 bits per heavy atom. The van der Waals surface area contributed by atoms with E-state index in [1.807, 2.05) is 0 Å². The summed E-state index contributed by atoms with van der Waals surface area (Å²) in [7, 11) is 0. The highest BCUT2D eigenvalue weighted by atomic mass is 32.1. The first kappa shape index (κ1) is 14.0. The van der Waals surface area contributed by atoms with E-state index in [0.29, 0.717) is 17.4 Å². The maximum atomic E-state index is 11.9. The summed E-state index contributed by atoms with van der Waals surface area (Å²) in [6, 6.07) is 0. The molecular weight excluding hydrogens is 264 g/mol. The lowest BCUT2D eigenvalue weighted by molar-refractivity contribution is -0.142.